The van der Waals surface area contributed by atoms with Crippen LogP contribution >= 0.6 is 23.2 Å². The van der Waals surface area contributed by atoms with Crippen molar-refractivity contribution < 1.29 is 5.11 Å². The summed E-state index contributed by atoms with van der Waals surface area (Å²) in [6.07, 6.45) is 0. The maximum absolute atomic E-state index is 10.5. The lowest BCUT2D eigenvalue weighted by Gasteiger charge is -2.21. The number of halogens is 2. The molecule has 1 heterocycles. The molecule has 0 aromatic heterocycles. The zero-order chi connectivity index (χ0) is 23.9. The summed E-state index contributed by atoms with van der Waals surface area (Å²) in [6.45, 7) is 3.30. The molecule has 0 bridgehead atoms. The van der Waals surface area contributed by atoms with Gasteiger partial charge in [0.25, 0.3) is 0 Å². The molecule has 3 aromatic rings. The van der Waals surface area contributed by atoms with Gasteiger partial charge >= 0.3 is 0 Å². The number of benzene rings is 4. The van der Waals surface area contributed by atoms with Crippen molar-refractivity contribution in [3.8, 4) is 17.1 Å². The Hall–Kier alpha value is -3.38. The van der Waals surface area contributed by atoms with E-state index < -0.39 is 5.72 Å². The number of aliphatic hydroxyl groups is 1. The number of para-hydroxylation sites is 2. The lowest BCUT2D eigenvalue weighted by atomic mass is 10.1. The normalized spacial score (nSPS) is 12.4. The number of nitrogens with zero attached hydrogens (tertiary/aromatic N) is 3. The topological polar surface area (TPSA) is 62.4 Å². The molecule has 0 unspecified atom stereocenters. The van der Waals surface area contributed by atoms with Gasteiger partial charge in [-0.1, -0.05) is 35.3 Å². The van der Waals surface area contributed by atoms with E-state index in [1.54, 1.807) is 13.8 Å². The predicted molar refractivity (Wildman–Crippen MR) is 139 cm³/mol. The molecule has 170 valence electrons. The summed E-state index contributed by atoms with van der Waals surface area (Å²) >= 11 is 12.2. The molecule has 2 aliphatic rings. The van der Waals surface area contributed by atoms with Crippen LogP contribution in [0.5, 0.6) is 0 Å². The standard InChI is InChI=1S/C27H22Cl2N4O/c1-27(2,34)32-23-16-26-24(15-22(23)30-19-11-7-17(28)8-12-19)31-21-5-3-4-6-25(21)33(26)20-13-9-18(29)10-14-20/h3-16,30,34H,1-2H3. The summed E-state index contributed by atoms with van der Waals surface area (Å²) < 4.78 is 2.13. The number of nitrogens with one attached hydrogen (secondary N) is 1. The molecule has 0 saturated heterocycles. The second kappa shape index (κ2) is 8.76. The SMILES string of the molecule is CC(C)(O)N=c1cc2n(-c3ccc(Cl)cc3)c3ccccc3nc-2cc1Nc1ccc(Cl)cc1. The smallest absolute Gasteiger partial charge is 0.151 e. The van der Waals surface area contributed by atoms with Gasteiger partial charge in [-0.3, -0.25) is 0 Å². The van der Waals surface area contributed by atoms with Crippen molar-refractivity contribution >= 4 is 45.6 Å². The average molecular weight is 489 g/mol. The first kappa shape index (κ1) is 22.4. The number of aromatic nitrogens is 2. The Labute approximate surface area is 207 Å². The lowest BCUT2D eigenvalue weighted by molar-refractivity contribution is 0.0866. The minimum absolute atomic E-state index is 0.606. The van der Waals surface area contributed by atoms with Gasteiger partial charge in [-0.2, -0.15) is 0 Å². The minimum Gasteiger partial charge on any atom is -0.370 e. The molecule has 0 fully saturated rings. The van der Waals surface area contributed by atoms with Gasteiger partial charge in [0.2, 0.25) is 0 Å². The van der Waals surface area contributed by atoms with Crippen LogP contribution in [0, 0.1) is 0 Å². The van der Waals surface area contributed by atoms with E-state index in [0.29, 0.717) is 15.4 Å². The van der Waals surface area contributed by atoms with Gasteiger partial charge < -0.3 is 15.0 Å². The van der Waals surface area contributed by atoms with Crippen LogP contribution in [-0.2, 0) is 0 Å². The first-order valence-corrected chi connectivity index (χ1v) is 11.5. The third kappa shape index (κ3) is 4.64. The highest BCUT2D eigenvalue weighted by molar-refractivity contribution is 6.30. The molecule has 0 saturated carbocycles. The van der Waals surface area contributed by atoms with Crippen LogP contribution in [0.4, 0.5) is 11.4 Å². The Kier molecular flexibility index (Phi) is 5.78. The molecule has 34 heavy (non-hydrogen) atoms. The highest BCUT2D eigenvalue weighted by Gasteiger charge is 2.18. The van der Waals surface area contributed by atoms with Crippen molar-refractivity contribution in [1.29, 1.82) is 0 Å². The molecule has 7 heteroatoms. The quantitative estimate of drug-likeness (QED) is 0.273. The second-order valence-electron chi connectivity index (χ2n) is 8.51. The van der Waals surface area contributed by atoms with E-state index in [9.17, 15) is 5.11 Å². The number of hydrogen-bond donors (Lipinski definition) is 2. The molecular weight excluding hydrogens is 467 g/mol. The molecule has 0 atom stereocenters. The number of rotatable bonds is 4. The fraction of sp³-hybridized carbons (Fsp3) is 0.111. The van der Waals surface area contributed by atoms with Crippen LogP contribution in [0.2, 0.25) is 10.0 Å². The molecule has 3 aromatic carbocycles. The molecule has 1 aliphatic carbocycles. The molecule has 5 nitrogen and oxygen atoms in total. The van der Waals surface area contributed by atoms with Gasteiger partial charge in [-0.05, 0) is 86.6 Å². The highest BCUT2D eigenvalue weighted by atomic mass is 35.5. The van der Waals surface area contributed by atoms with Crippen LogP contribution in [0.1, 0.15) is 13.8 Å². The van der Waals surface area contributed by atoms with Crippen LogP contribution < -0.4 is 10.7 Å². The summed E-state index contributed by atoms with van der Waals surface area (Å²) in [5.74, 6) is 0. The van der Waals surface area contributed by atoms with Crippen LogP contribution in [0.15, 0.2) is 89.9 Å². The average Bonchev–Trinajstić information content (AvgIpc) is 2.79. The lowest BCUT2D eigenvalue weighted by Crippen LogP contribution is -2.23. The third-order valence-electron chi connectivity index (χ3n) is 5.30. The van der Waals surface area contributed by atoms with E-state index in [1.807, 2.05) is 84.9 Å². The Balaban J connectivity index is 1.82. The molecule has 0 spiro atoms. The van der Waals surface area contributed by atoms with Crippen LogP contribution in [0.25, 0.3) is 28.1 Å². The maximum atomic E-state index is 10.5. The molecule has 2 N–H and O–H groups in total. The van der Waals surface area contributed by atoms with E-state index in [2.05, 4.69) is 14.9 Å². The minimum atomic E-state index is -1.26. The number of hydrogen-bond acceptors (Lipinski definition) is 4. The maximum Gasteiger partial charge on any atom is 0.151 e. The Morgan fingerprint density at radius 2 is 1.53 bits per heavy atom. The number of fused-ring (bicyclic) bond motifs is 2. The first-order valence-electron chi connectivity index (χ1n) is 10.8. The Morgan fingerprint density at radius 3 is 2.21 bits per heavy atom. The fourth-order valence-corrected chi connectivity index (χ4v) is 4.14. The van der Waals surface area contributed by atoms with Crippen molar-refractivity contribution in [2.75, 3.05) is 5.32 Å². The third-order valence-corrected chi connectivity index (χ3v) is 5.80. The zero-order valence-electron chi connectivity index (χ0n) is 18.6. The molecule has 0 amide bonds. The largest absolute Gasteiger partial charge is 0.370 e. The van der Waals surface area contributed by atoms with Crippen molar-refractivity contribution in [2.24, 2.45) is 4.99 Å². The monoisotopic (exact) mass is 488 g/mol. The summed E-state index contributed by atoms with van der Waals surface area (Å²) in [5.41, 5.74) is 4.69. The highest BCUT2D eigenvalue weighted by Crippen LogP contribution is 2.31. The number of anilines is 2. The Morgan fingerprint density at radius 1 is 0.882 bits per heavy atom. The van der Waals surface area contributed by atoms with Crippen LogP contribution in [-0.4, -0.2) is 20.4 Å². The zero-order valence-corrected chi connectivity index (χ0v) is 20.1. The summed E-state index contributed by atoms with van der Waals surface area (Å²) in [7, 11) is 0. The predicted octanol–water partition coefficient (Wildman–Crippen LogP) is 6.81. The molecule has 1 aliphatic heterocycles. The van der Waals surface area contributed by atoms with E-state index in [4.69, 9.17) is 28.2 Å². The molecule has 0 radical (unpaired) electrons. The van der Waals surface area contributed by atoms with Gasteiger partial charge in [0.05, 0.1) is 33.5 Å². The van der Waals surface area contributed by atoms with E-state index in [-0.39, 0.29) is 0 Å². The van der Waals surface area contributed by atoms with Gasteiger partial charge in [0, 0.05) is 21.4 Å². The van der Waals surface area contributed by atoms with Gasteiger partial charge in [-0.15, -0.1) is 0 Å². The Bertz CT molecular complexity index is 1520. The molecule has 5 rings (SSSR count). The van der Waals surface area contributed by atoms with E-state index in [1.165, 1.54) is 0 Å². The summed E-state index contributed by atoms with van der Waals surface area (Å²) in [5, 5.41) is 15.8. The van der Waals surface area contributed by atoms with E-state index in [0.717, 1.165) is 39.5 Å². The van der Waals surface area contributed by atoms with Crippen molar-refractivity contribution in [1.82, 2.24) is 9.55 Å². The van der Waals surface area contributed by atoms with Gasteiger partial charge in [0.1, 0.15) is 0 Å². The van der Waals surface area contributed by atoms with Crippen molar-refractivity contribution in [3.63, 3.8) is 0 Å². The first-order chi connectivity index (χ1) is 16.3. The summed E-state index contributed by atoms with van der Waals surface area (Å²) in [4.78, 5) is 9.51. The van der Waals surface area contributed by atoms with Gasteiger partial charge in [-0.25, -0.2) is 9.98 Å². The van der Waals surface area contributed by atoms with Gasteiger partial charge in [0.15, 0.2) is 5.72 Å². The van der Waals surface area contributed by atoms with Crippen molar-refractivity contribution in [3.05, 3.63) is 100 Å². The van der Waals surface area contributed by atoms with Crippen LogP contribution in [0.3, 0.4) is 0 Å². The van der Waals surface area contributed by atoms with Crippen molar-refractivity contribution in [2.45, 2.75) is 19.6 Å². The van der Waals surface area contributed by atoms with E-state index >= 15 is 0 Å². The molecular formula is C27H22Cl2N4O. The fourth-order valence-electron chi connectivity index (χ4n) is 3.89. The second-order valence-corrected chi connectivity index (χ2v) is 9.38. The summed E-state index contributed by atoms with van der Waals surface area (Å²) in [6, 6.07) is 27.0.